The summed E-state index contributed by atoms with van der Waals surface area (Å²) in [5.74, 6) is 0.331. The molecule has 2 amide bonds. The number of anilines is 1. The van der Waals surface area contributed by atoms with Gasteiger partial charge >= 0.3 is 6.03 Å². The van der Waals surface area contributed by atoms with Crippen molar-refractivity contribution in [1.82, 2.24) is 14.9 Å². The minimum absolute atomic E-state index is 0.327. The molecule has 128 valence electrons. The monoisotopic (exact) mass is 338 g/mol. The Morgan fingerprint density at radius 3 is 2.60 bits per heavy atom. The molecule has 5 nitrogen and oxygen atoms in total. The third-order valence-electron chi connectivity index (χ3n) is 3.87. The Morgan fingerprint density at radius 1 is 1.20 bits per heavy atom. The van der Waals surface area contributed by atoms with E-state index >= 15 is 0 Å². The lowest BCUT2D eigenvalue weighted by atomic mass is 10.1. The highest BCUT2D eigenvalue weighted by molar-refractivity contribution is 5.89. The van der Waals surface area contributed by atoms with Crippen LogP contribution >= 0.6 is 0 Å². The highest BCUT2D eigenvalue weighted by Crippen LogP contribution is 2.21. The van der Waals surface area contributed by atoms with Gasteiger partial charge in [-0.1, -0.05) is 24.3 Å². The Labute approximate surface area is 145 Å². The molecule has 0 aliphatic carbocycles. The molecule has 0 spiro atoms. The number of amides is 2. The van der Waals surface area contributed by atoms with Crippen LogP contribution in [0.15, 0.2) is 60.9 Å². The highest BCUT2D eigenvalue weighted by atomic mass is 19.1. The van der Waals surface area contributed by atoms with Gasteiger partial charge in [-0.25, -0.2) is 14.2 Å². The molecule has 0 radical (unpaired) electrons. The van der Waals surface area contributed by atoms with Crippen LogP contribution in [0.4, 0.5) is 14.9 Å². The Balaban J connectivity index is 1.83. The molecule has 2 N–H and O–H groups in total. The van der Waals surface area contributed by atoms with Crippen LogP contribution in [0, 0.1) is 12.7 Å². The Bertz CT molecular complexity index is 873. The van der Waals surface area contributed by atoms with Gasteiger partial charge in [0, 0.05) is 25.1 Å². The quantitative estimate of drug-likeness (QED) is 0.760. The second-order valence-corrected chi connectivity index (χ2v) is 5.85. The number of benzene rings is 2. The van der Waals surface area contributed by atoms with Gasteiger partial charge in [0.05, 0.1) is 0 Å². The third-order valence-corrected chi connectivity index (χ3v) is 3.87. The maximum absolute atomic E-state index is 13.2. The van der Waals surface area contributed by atoms with Crippen LogP contribution < -0.4 is 10.6 Å². The molecule has 2 aromatic carbocycles. The number of nitrogens with zero attached hydrogens (tertiary/aromatic N) is 2. The van der Waals surface area contributed by atoms with Crippen LogP contribution in [0.1, 0.15) is 23.0 Å². The number of carbonyl (C=O) groups excluding carboxylic acids is 1. The van der Waals surface area contributed by atoms with Gasteiger partial charge in [0.15, 0.2) is 0 Å². The molecule has 0 fully saturated rings. The van der Waals surface area contributed by atoms with Crippen molar-refractivity contribution < 1.29 is 9.18 Å². The fourth-order valence-electron chi connectivity index (χ4n) is 2.63. The van der Waals surface area contributed by atoms with Crippen LogP contribution in [-0.2, 0) is 7.05 Å². The molecular weight excluding hydrogens is 319 g/mol. The number of carbonyl (C=O) groups is 1. The standard InChI is InChI=1S/C19H19FN4O/c1-13-4-3-5-16(12-13)22-19(25)23-17(18-21-10-11-24(18)2)14-6-8-15(20)9-7-14/h3-12,17H,1-2H3,(H2,22,23,25)/t17-/m1/s1. The van der Waals surface area contributed by atoms with Gasteiger partial charge in [-0.2, -0.15) is 0 Å². The van der Waals surface area contributed by atoms with Crippen LogP contribution in [0.2, 0.25) is 0 Å². The van der Waals surface area contributed by atoms with Crippen molar-refractivity contribution in [3.63, 3.8) is 0 Å². The first-order valence-electron chi connectivity index (χ1n) is 7.90. The molecule has 0 saturated heterocycles. The predicted octanol–water partition coefficient (Wildman–Crippen LogP) is 3.78. The minimum Gasteiger partial charge on any atom is -0.336 e. The highest BCUT2D eigenvalue weighted by Gasteiger charge is 2.20. The van der Waals surface area contributed by atoms with Crippen molar-refractivity contribution in [2.75, 3.05) is 5.32 Å². The topological polar surface area (TPSA) is 59.0 Å². The summed E-state index contributed by atoms with van der Waals surface area (Å²) in [6.45, 7) is 1.96. The van der Waals surface area contributed by atoms with Crippen LogP contribution in [0.5, 0.6) is 0 Å². The SMILES string of the molecule is Cc1cccc(NC(=O)N[C@H](c2ccc(F)cc2)c2nccn2C)c1. The molecule has 0 unspecified atom stereocenters. The summed E-state index contributed by atoms with van der Waals surface area (Å²) >= 11 is 0. The zero-order valence-corrected chi connectivity index (χ0v) is 14.0. The lowest BCUT2D eigenvalue weighted by Crippen LogP contribution is -2.34. The largest absolute Gasteiger partial charge is 0.336 e. The van der Waals surface area contributed by atoms with Crippen molar-refractivity contribution in [3.05, 3.63) is 83.7 Å². The lowest BCUT2D eigenvalue weighted by Gasteiger charge is -2.19. The Kier molecular flexibility index (Phi) is 4.79. The van der Waals surface area contributed by atoms with E-state index in [1.54, 1.807) is 24.5 Å². The second kappa shape index (κ2) is 7.17. The fraction of sp³-hybridized carbons (Fsp3) is 0.158. The molecule has 3 rings (SSSR count). The summed E-state index contributed by atoms with van der Waals surface area (Å²) < 4.78 is 15.1. The Morgan fingerprint density at radius 2 is 1.96 bits per heavy atom. The van der Waals surface area contributed by atoms with E-state index in [9.17, 15) is 9.18 Å². The van der Waals surface area contributed by atoms with E-state index in [4.69, 9.17) is 0 Å². The first kappa shape index (κ1) is 16.7. The Hall–Kier alpha value is -3.15. The first-order valence-corrected chi connectivity index (χ1v) is 7.90. The summed E-state index contributed by atoms with van der Waals surface area (Å²) in [7, 11) is 1.85. The zero-order chi connectivity index (χ0) is 17.8. The van der Waals surface area contributed by atoms with E-state index in [0.29, 0.717) is 11.5 Å². The maximum atomic E-state index is 13.2. The van der Waals surface area contributed by atoms with Gasteiger partial charge in [-0.05, 0) is 42.3 Å². The van der Waals surface area contributed by atoms with Crippen molar-refractivity contribution in [1.29, 1.82) is 0 Å². The summed E-state index contributed by atoms with van der Waals surface area (Å²) in [5, 5.41) is 5.72. The molecule has 1 atom stereocenters. The van der Waals surface area contributed by atoms with Gasteiger partial charge in [0.25, 0.3) is 0 Å². The van der Waals surface area contributed by atoms with Crippen molar-refractivity contribution in [2.45, 2.75) is 13.0 Å². The van der Waals surface area contributed by atoms with Crippen molar-refractivity contribution in [2.24, 2.45) is 7.05 Å². The van der Waals surface area contributed by atoms with E-state index in [2.05, 4.69) is 15.6 Å². The summed E-state index contributed by atoms with van der Waals surface area (Å²) in [5.41, 5.74) is 2.50. The molecule has 0 aliphatic rings. The average molecular weight is 338 g/mol. The van der Waals surface area contributed by atoms with E-state index in [1.165, 1.54) is 12.1 Å². The smallest absolute Gasteiger partial charge is 0.320 e. The number of aryl methyl sites for hydroxylation is 2. The van der Waals surface area contributed by atoms with Crippen molar-refractivity contribution >= 4 is 11.7 Å². The minimum atomic E-state index is -0.495. The molecule has 0 aliphatic heterocycles. The second-order valence-electron chi connectivity index (χ2n) is 5.85. The number of hydrogen-bond acceptors (Lipinski definition) is 2. The van der Waals surface area contributed by atoms with Crippen LogP contribution in [0.25, 0.3) is 0 Å². The van der Waals surface area contributed by atoms with Gasteiger partial charge in [-0.3, -0.25) is 0 Å². The third kappa shape index (κ3) is 4.03. The lowest BCUT2D eigenvalue weighted by molar-refractivity contribution is 0.249. The summed E-state index contributed by atoms with van der Waals surface area (Å²) in [4.78, 5) is 16.8. The van der Waals surface area contributed by atoms with Crippen LogP contribution in [0.3, 0.4) is 0 Å². The number of nitrogens with one attached hydrogen (secondary N) is 2. The molecule has 6 heteroatoms. The van der Waals surface area contributed by atoms with E-state index in [-0.39, 0.29) is 11.8 Å². The molecule has 1 aromatic heterocycles. The van der Waals surface area contributed by atoms with Crippen molar-refractivity contribution in [3.8, 4) is 0 Å². The number of rotatable bonds is 4. The summed E-state index contributed by atoms with van der Waals surface area (Å²) in [6.07, 6.45) is 3.46. The zero-order valence-electron chi connectivity index (χ0n) is 14.0. The first-order chi connectivity index (χ1) is 12.0. The predicted molar refractivity (Wildman–Crippen MR) is 94.8 cm³/mol. The normalized spacial score (nSPS) is 11.8. The molecular formula is C19H19FN4O. The number of urea groups is 1. The number of hydrogen-bond donors (Lipinski definition) is 2. The number of halogens is 1. The summed E-state index contributed by atoms with van der Waals surface area (Å²) in [6, 6.07) is 12.7. The fourth-order valence-corrected chi connectivity index (χ4v) is 2.63. The van der Waals surface area contributed by atoms with Gasteiger partial charge < -0.3 is 15.2 Å². The van der Waals surface area contributed by atoms with E-state index < -0.39 is 6.04 Å². The molecule has 3 aromatic rings. The molecule has 1 heterocycles. The van der Waals surface area contributed by atoms with E-state index in [1.807, 2.05) is 42.8 Å². The van der Waals surface area contributed by atoms with Crippen LogP contribution in [-0.4, -0.2) is 15.6 Å². The average Bonchev–Trinajstić information content (AvgIpc) is 2.99. The van der Waals surface area contributed by atoms with Gasteiger partial charge in [0.1, 0.15) is 17.7 Å². The van der Waals surface area contributed by atoms with Gasteiger partial charge in [-0.15, -0.1) is 0 Å². The molecule has 0 saturated carbocycles. The number of aromatic nitrogens is 2. The maximum Gasteiger partial charge on any atom is 0.320 e. The number of imidazole rings is 1. The van der Waals surface area contributed by atoms with E-state index in [0.717, 1.165) is 11.1 Å². The molecule has 25 heavy (non-hydrogen) atoms. The molecule has 0 bridgehead atoms. The van der Waals surface area contributed by atoms with Gasteiger partial charge in [0.2, 0.25) is 0 Å².